The zero-order valence-electron chi connectivity index (χ0n) is 21.5. The first-order chi connectivity index (χ1) is 17.9. The summed E-state index contributed by atoms with van der Waals surface area (Å²) in [5, 5.41) is 14.5. The number of amides is 2. The van der Waals surface area contributed by atoms with Crippen LogP contribution < -0.4 is 10.1 Å². The van der Waals surface area contributed by atoms with Crippen molar-refractivity contribution in [1.29, 1.82) is 0 Å². The lowest BCUT2D eigenvalue weighted by Crippen LogP contribution is -2.65. The van der Waals surface area contributed by atoms with Gasteiger partial charge in [-0.2, -0.15) is 0 Å². The molecule has 1 atom stereocenters. The normalized spacial score (nSPS) is 21.7. The highest BCUT2D eigenvalue weighted by atomic mass is 16.5. The lowest BCUT2D eigenvalue weighted by Gasteiger charge is -2.59. The van der Waals surface area contributed by atoms with Gasteiger partial charge in [0.2, 0.25) is 5.91 Å². The Morgan fingerprint density at radius 2 is 1.92 bits per heavy atom. The number of fused-ring (bicyclic) bond motifs is 2. The summed E-state index contributed by atoms with van der Waals surface area (Å²) < 4.78 is 5.89. The number of aliphatic hydroxyl groups is 1. The van der Waals surface area contributed by atoms with Crippen molar-refractivity contribution in [2.75, 3.05) is 51.2 Å². The van der Waals surface area contributed by atoms with Gasteiger partial charge in [0.1, 0.15) is 12.4 Å². The van der Waals surface area contributed by atoms with E-state index in [0.717, 1.165) is 51.1 Å². The van der Waals surface area contributed by atoms with Gasteiger partial charge in [-0.05, 0) is 48.6 Å². The van der Waals surface area contributed by atoms with Crippen LogP contribution in [-0.4, -0.2) is 89.6 Å². The summed E-state index contributed by atoms with van der Waals surface area (Å²) in [6, 6.07) is 14.6. The number of likely N-dealkylation sites (tertiary alicyclic amines) is 1. The fourth-order valence-corrected chi connectivity index (χ4v) is 6.51. The highest BCUT2D eigenvalue weighted by Gasteiger charge is 2.53. The molecule has 2 fully saturated rings. The minimum Gasteiger partial charge on any atom is -0.491 e. The van der Waals surface area contributed by atoms with E-state index in [1.165, 1.54) is 11.1 Å². The summed E-state index contributed by atoms with van der Waals surface area (Å²) in [6.07, 6.45) is 2.44. The molecule has 2 amide bonds. The van der Waals surface area contributed by atoms with Crippen molar-refractivity contribution in [3.8, 4) is 5.75 Å². The van der Waals surface area contributed by atoms with Gasteiger partial charge in [0.05, 0.1) is 18.2 Å². The molecule has 2 aromatic rings. The van der Waals surface area contributed by atoms with Gasteiger partial charge in [0, 0.05) is 63.3 Å². The van der Waals surface area contributed by atoms with E-state index in [4.69, 9.17) is 4.74 Å². The molecule has 1 saturated heterocycles. The van der Waals surface area contributed by atoms with Gasteiger partial charge in [0.15, 0.2) is 0 Å². The first-order valence-electron chi connectivity index (χ1n) is 13.4. The Kier molecular flexibility index (Phi) is 6.32. The zero-order chi connectivity index (χ0) is 25.6. The Labute approximate surface area is 218 Å². The van der Waals surface area contributed by atoms with E-state index in [1.54, 1.807) is 11.8 Å². The largest absolute Gasteiger partial charge is 0.491 e. The maximum atomic E-state index is 13.5. The predicted octanol–water partition coefficient (Wildman–Crippen LogP) is 2.36. The van der Waals surface area contributed by atoms with Crippen LogP contribution in [0.1, 0.15) is 41.3 Å². The van der Waals surface area contributed by atoms with Crippen LogP contribution >= 0.6 is 0 Å². The number of aliphatic hydroxyl groups excluding tert-OH is 1. The summed E-state index contributed by atoms with van der Waals surface area (Å²) in [5.74, 6) is 0.656. The number of ether oxygens (including phenoxy) is 1. The molecule has 1 spiro atoms. The fourth-order valence-electron chi connectivity index (χ4n) is 6.51. The van der Waals surface area contributed by atoms with E-state index < -0.39 is 6.10 Å². The fraction of sp³-hybridized carbons (Fsp3) is 0.517. The minimum atomic E-state index is -0.625. The molecule has 2 aromatic carbocycles. The van der Waals surface area contributed by atoms with Crippen molar-refractivity contribution in [1.82, 2.24) is 14.7 Å². The molecule has 4 aliphatic rings. The van der Waals surface area contributed by atoms with Gasteiger partial charge in [-0.15, -0.1) is 0 Å². The van der Waals surface area contributed by atoms with Gasteiger partial charge in [0.25, 0.3) is 5.91 Å². The lowest BCUT2D eigenvalue weighted by atomic mass is 9.60. The second-order valence-corrected chi connectivity index (χ2v) is 11.3. The number of β-amino-alcohol motifs (C(OH)–C–C–N with tert-alkyl or cyclic N) is 1. The van der Waals surface area contributed by atoms with Gasteiger partial charge in [-0.3, -0.25) is 14.5 Å². The third kappa shape index (κ3) is 4.92. The van der Waals surface area contributed by atoms with Crippen molar-refractivity contribution in [3.05, 3.63) is 59.2 Å². The van der Waals surface area contributed by atoms with Crippen LogP contribution in [0, 0.1) is 5.41 Å². The molecular formula is C29H36N4O4. The molecule has 8 nitrogen and oxygen atoms in total. The van der Waals surface area contributed by atoms with Crippen LogP contribution in [0.4, 0.5) is 5.69 Å². The Hall–Kier alpha value is -3.10. The maximum absolute atomic E-state index is 13.5. The molecule has 3 aliphatic heterocycles. The smallest absolute Gasteiger partial charge is 0.257 e. The molecular weight excluding hydrogens is 468 g/mol. The summed E-state index contributed by atoms with van der Waals surface area (Å²) in [6.45, 7) is 6.78. The van der Waals surface area contributed by atoms with Gasteiger partial charge >= 0.3 is 0 Å². The van der Waals surface area contributed by atoms with E-state index in [2.05, 4.69) is 34.5 Å². The molecule has 1 aliphatic carbocycles. The van der Waals surface area contributed by atoms with E-state index >= 15 is 0 Å². The summed E-state index contributed by atoms with van der Waals surface area (Å²) in [7, 11) is 0. The predicted molar refractivity (Wildman–Crippen MR) is 141 cm³/mol. The van der Waals surface area contributed by atoms with Crippen LogP contribution in [0.2, 0.25) is 0 Å². The molecule has 0 aromatic heterocycles. The van der Waals surface area contributed by atoms with Gasteiger partial charge in [-0.1, -0.05) is 24.3 Å². The molecule has 0 radical (unpaired) electrons. The SMILES string of the molecule is CC(=O)N1CC2(CC(Nc3ccc4c(c3)C(=O)N(CC(O)CN3CCc5ccccc5C3)CCO4)C2)C1. The molecule has 3 heterocycles. The maximum Gasteiger partial charge on any atom is 0.257 e. The second kappa shape index (κ2) is 9.65. The van der Waals surface area contributed by atoms with Crippen LogP contribution in [0.15, 0.2) is 42.5 Å². The number of hydrogen-bond donors (Lipinski definition) is 2. The molecule has 0 bridgehead atoms. The van der Waals surface area contributed by atoms with Crippen LogP contribution in [0.25, 0.3) is 0 Å². The standard InChI is InChI=1S/C29H36N4O4/c1-20(34)33-18-29(19-33)13-24(14-29)30-23-6-7-27-26(12-23)28(36)32(10-11-37-27)17-25(35)16-31-9-8-21-4-2-3-5-22(21)15-31/h2-7,12,24-25,30,35H,8-11,13-19H2,1H3. The highest BCUT2D eigenvalue weighted by Crippen LogP contribution is 2.49. The third-order valence-electron chi connectivity index (χ3n) is 8.45. The Balaban J connectivity index is 1.05. The number of carbonyl (C=O) groups is 2. The molecule has 37 heavy (non-hydrogen) atoms. The quantitative estimate of drug-likeness (QED) is 0.629. The van der Waals surface area contributed by atoms with Crippen molar-refractivity contribution in [3.63, 3.8) is 0 Å². The van der Waals surface area contributed by atoms with Crippen LogP contribution in [0.5, 0.6) is 5.75 Å². The van der Waals surface area contributed by atoms with Gasteiger partial charge < -0.3 is 25.0 Å². The van der Waals surface area contributed by atoms with E-state index in [-0.39, 0.29) is 23.8 Å². The van der Waals surface area contributed by atoms with Crippen molar-refractivity contribution in [2.24, 2.45) is 5.41 Å². The number of nitrogens with zero attached hydrogens (tertiary/aromatic N) is 3. The molecule has 1 saturated carbocycles. The number of carbonyl (C=O) groups excluding carboxylic acids is 2. The molecule has 1 unspecified atom stereocenters. The van der Waals surface area contributed by atoms with E-state index in [1.807, 2.05) is 23.1 Å². The van der Waals surface area contributed by atoms with Crippen molar-refractivity contribution < 1.29 is 19.4 Å². The molecule has 196 valence electrons. The summed E-state index contributed by atoms with van der Waals surface area (Å²) in [4.78, 5) is 30.9. The zero-order valence-corrected chi connectivity index (χ0v) is 21.5. The monoisotopic (exact) mass is 504 g/mol. The van der Waals surface area contributed by atoms with Crippen molar-refractivity contribution >= 4 is 17.5 Å². The topological polar surface area (TPSA) is 85.4 Å². The molecule has 6 rings (SSSR count). The highest BCUT2D eigenvalue weighted by molar-refractivity contribution is 5.98. The van der Waals surface area contributed by atoms with E-state index in [9.17, 15) is 14.7 Å². The minimum absolute atomic E-state index is 0.0969. The number of anilines is 1. The van der Waals surface area contributed by atoms with Gasteiger partial charge in [-0.25, -0.2) is 0 Å². The molecule has 2 N–H and O–H groups in total. The number of nitrogens with one attached hydrogen (secondary N) is 1. The number of hydrogen-bond acceptors (Lipinski definition) is 6. The van der Waals surface area contributed by atoms with E-state index in [0.29, 0.717) is 37.1 Å². The third-order valence-corrected chi connectivity index (χ3v) is 8.45. The Morgan fingerprint density at radius 1 is 1.14 bits per heavy atom. The summed E-state index contributed by atoms with van der Waals surface area (Å²) >= 11 is 0. The Morgan fingerprint density at radius 3 is 2.70 bits per heavy atom. The first kappa shape index (κ1) is 24.2. The molecule has 8 heteroatoms. The van der Waals surface area contributed by atoms with Crippen LogP contribution in [0.3, 0.4) is 0 Å². The number of rotatable bonds is 6. The lowest BCUT2D eigenvalue weighted by molar-refractivity contribution is -0.147. The Bertz CT molecular complexity index is 1190. The average Bonchev–Trinajstić information content (AvgIpc) is 2.98. The first-order valence-corrected chi connectivity index (χ1v) is 13.4. The number of benzene rings is 2. The second-order valence-electron chi connectivity index (χ2n) is 11.3. The summed E-state index contributed by atoms with van der Waals surface area (Å²) in [5.41, 5.74) is 4.43. The van der Waals surface area contributed by atoms with Crippen LogP contribution in [-0.2, 0) is 17.8 Å². The average molecular weight is 505 g/mol. The van der Waals surface area contributed by atoms with Crippen molar-refractivity contribution in [2.45, 2.75) is 44.9 Å².